The van der Waals surface area contributed by atoms with E-state index in [4.69, 9.17) is 11.6 Å². The number of benzene rings is 1. The van der Waals surface area contributed by atoms with Gasteiger partial charge in [-0.1, -0.05) is 29.8 Å². The van der Waals surface area contributed by atoms with Crippen LogP contribution in [0.4, 0.5) is 0 Å². The maximum Gasteiger partial charge on any atom is 0.244 e. The third kappa shape index (κ3) is 3.12. The highest BCUT2D eigenvalue weighted by atomic mass is 35.5. The molecule has 1 aliphatic heterocycles. The zero-order valence-corrected chi connectivity index (χ0v) is 12.6. The number of hydrogen-bond donors (Lipinski definition) is 0. The van der Waals surface area contributed by atoms with Gasteiger partial charge in [0.2, 0.25) is 11.8 Å². The molecule has 1 atom stereocenters. The van der Waals surface area contributed by atoms with E-state index >= 15 is 0 Å². The van der Waals surface area contributed by atoms with E-state index in [0.717, 1.165) is 18.4 Å². The molecule has 2 amide bonds. The topological polar surface area (TPSA) is 40.6 Å². The highest BCUT2D eigenvalue weighted by Gasteiger charge is 2.34. The van der Waals surface area contributed by atoms with Gasteiger partial charge in [0.1, 0.15) is 6.04 Å². The van der Waals surface area contributed by atoms with E-state index in [-0.39, 0.29) is 24.3 Å². The van der Waals surface area contributed by atoms with Crippen LogP contribution in [0.15, 0.2) is 24.3 Å². The third-order valence-electron chi connectivity index (χ3n) is 3.60. The minimum Gasteiger partial charge on any atom is -0.347 e. The third-order valence-corrected chi connectivity index (χ3v) is 3.97. The van der Waals surface area contributed by atoms with Crippen molar-refractivity contribution in [1.82, 2.24) is 9.80 Å². The molecule has 1 saturated heterocycles. The second-order valence-electron chi connectivity index (χ2n) is 5.25. The predicted octanol–water partition coefficient (Wildman–Crippen LogP) is 1.96. The van der Waals surface area contributed by atoms with Crippen LogP contribution >= 0.6 is 11.6 Å². The molecule has 0 unspecified atom stereocenters. The van der Waals surface area contributed by atoms with E-state index in [0.29, 0.717) is 11.6 Å². The van der Waals surface area contributed by atoms with Gasteiger partial charge in [0.15, 0.2) is 0 Å². The lowest BCUT2D eigenvalue weighted by Gasteiger charge is -2.26. The van der Waals surface area contributed by atoms with Gasteiger partial charge in [-0.25, -0.2) is 0 Å². The quantitative estimate of drug-likeness (QED) is 0.855. The van der Waals surface area contributed by atoms with Crippen molar-refractivity contribution >= 4 is 23.4 Å². The Morgan fingerprint density at radius 1 is 1.35 bits per heavy atom. The van der Waals surface area contributed by atoms with Crippen LogP contribution in [0.25, 0.3) is 0 Å². The monoisotopic (exact) mass is 294 g/mol. The van der Waals surface area contributed by atoms with Crippen LogP contribution in [0.1, 0.15) is 18.4 Å². The molecule has 0 spiro atoms. The van der Waals surface area contributed by atoms with Crippen LogP contribution in [-0.4, -0.2) is 48.3 Å². The molecule has 5 heteroatoms. The highest BCUT2D eigenvalue weighted by molar-refractivity contribution is 6.31. The lowest BCUT2D eigenvalue weighted by atomic mass is 10.1. The first-order chi connectivity index (χ1) is 9.50. The Balaban J connectivity index is 2.09. The number of halogens is 1. The lowest BCUT2D eigenvalue weighted by molar-refractivity contribution is -0.141. The van der Waals surface area contributed by atoms with Crippen molar-refractivity contribution < 1.29 is 9.59 Å². The number of amides is 2. The summed E-state index contributed by atoms with van der Waals surface area (Å²) >= 11 is 6.08. The number of carbonyl (C=O) groups is 2. The Morgan fingerprint density at radius 3 is 2.70 bits per heavy atom. The van der Waals surface area contributed by atoms with Crippen LogP contribution in [0.5, 0.6) is 0 Å². The fraction of sp³-hybridized carbons (Fsp3) is 0.467. The number of nitrogens with zero attached hydrogens (tertiary/aromatic N) is 2. The number of likely N-dealkylation sites (N-methyl/N-ethyl adjacent to an activating group) is 1. The molecule has 1 fully saturated rings. The molecule has 0 N–H and O–H groups in total. The molecule has 0 bridgehead atoms. The lowest BCUT2D eigenvalue weighted by Crippen LogP contribution is -2.46. The van der Waals surface area contributed by atoms with Crippen LogP contribution in [0, 0.1) is 0 Å². The van der Waals surface area contributed by atoms with Crippen molar-refractivity contribution in [2.45, 2.75) is 25.3 Å². The second-order valence-corrected chi connectivity index (χ2v) is 5.65. The highest BCUT2D eigenvalue weighted by Crippen LogP contribution is 2.22. The van der Waals surface area contributed by atoms with E-state index < -0.39 is 0 Å². The minimum absolute atomic E-state index is 0.00462. The van der Waals surface area contributed by atoms with Crippen LogP contribution < -0.4 is 0 Å². The van der Waals surface area contributed by atoms with Crippen molar-refractivity contribution in [1.29, 1.82) is 0 Å². The predicted molar refractivity (Wildman–Crippen MR) is 78.6 cm³/mol. The molecule has 0 aliphatic carbocycles. The molecule has 0 saturated carbocycles. The summed E-state index contributed by atoms with van der Waals surface area (Å²) in [7, 11) is 3.44. The second kappa shape index (κ2) is 6.27. The molecule has 4 nitrogen and oxygen atoms in total. The Hall–Kier alpha value is -1.55. The van der Waals surface area contributed by atoms with E-state index in [1.807, 2.05) is 18.2 Å². The SMILES string of the molecule is CN(C)C(=O)[C@@H]1CCCN1C(=O)Cc1ccccc1Cl. The first-order valence-electron chi connectivity index (χ1n) is 6.74. The number of rotatable bonds is 3. The summed E-state index contributed by atoms with van der Waals surface area (Å²) in [6.45, 7) is 0.646. The summed E-state index contributed by atoms with van der Waals surface area (Å²) in [5, 5.41) is 0.593. The van der Waals surface area contributed by atoms with Crippen LogP contribution in [0.2, 0.25) is 5.02 Å². The molecule has 0 radical (unpaired) electrons. The summed E-state index contributed by atoms with van der Waals surface area (Å²) in [5.41, 5.74) is 0.808. The van der Waals surface area contributed by atoms with Gasteiger partial charge in [0.25, 0.3) is 0 Å². The van der Waals surface area contributed by atoms with Gasteiger partial charge in [0, 0.05) is 25.7 Å². The first-order valence-corrected chi connectivity index (χ1v) is 7.12. The number of carbonyl (C=O) groups excluding carboxylic acids is 2. The number of likely N-dealkylation sites (tertiary alicyclic amines) is 1. The fourth-order valence-electron chi connectivity index (χ4n) is 2.53. The summed E-state index contributed by atoms with van der Waals surface area (Å²) in [4.78, 5) is 27.7. The van der Waals surface area contributed by atoms with Gasteiger partial charge >= 0.3 is 0 Å². The Bertz CT molecular complexity index is 516. The van der Waals surface area contributed by atoms with Crippen LogP contribution in [0.3, 0.4) is 0 Å². The maximum atomic E-state index is 12.4. The summed E-state index contributed by atoms with van der Waals surface area (Å²) in [6.07, 6.45) is 1.86. The Kier molecular flexibility index (Phi) is 4.65. The van der Waals surface area contributed by atoms with Gasteiger partial charge in [-0.05, 0) is 24.5 Å². The van der Waals surface area contributed by atoms with Gasteiger partial charge in [-0.2, -0.15) is 0 Å². The minimum atomic E-state index is -0.319. The van der Waals surface area contributed by atoms with Gasteiger partial charge in [-0.3, -0.25) is 9.59 Å². The van der Waals surface area contributed by atoms with Crippen molar-refractivity contribution in [3.63, 3.8) is 0 Å². The maximum absolute atomic E-state index is 12.4. The Morgan fingerprint density at radius 2 is 2.05 bits per heavy atom. The molecule has 2 rings (SSSR count). The standard InChI is InChI=1S/C15H19ClN2O2/c1-17(2)15(20)13-8-5-9-18(13)14(19)10-11-6-3-4-7-12(11)16/h3-4,6-7,13H,5,8-10H2,1-2H3/t13-/m0/s1. The van der Waals surface area contributed by atoms with Gasteiger partial charge in [0.05, 0.1) is 6.42 Å². The van der Waals surface area contributed by atoms with E-state index in [1.54, 1.807) is 30.0 Å². The van der Waals surface area contributed by atoms with E-state index in [1.165, 1.54) is 0 Å². The van der Waals surface area contributed by atoms with E-state index in [2.05, 4.69) is 0 Å². The summed E-state index contributed by atoms with van der Waals surface area (Å²) in [6, 6.07) is 7.00. The smallest absolute Gasteiger partial charge is 0.244 e. The fourth-order valence-corrected chi connectivity index (χ4v) is 2.73. The molecule has 1 aromatic rings. The van der Waals surface area contributed by atoms with Crippen molar-refractivity contribution in [3.05, 3.63) is 34.9 Å². The van der Waals surface area contributed by atoms with Crippen LogP contribution in [-0.2, 0) is 16.0 Å². The zero-order valence-electron chi connectivity index (χ0n) is 11.8. The first kappa shape index (κ1) is 14.9. The average Bonchev–Trinajstić information content (AvgIpc) is 2.89. The molecular formula is C15H19ClN2O2. The molecule has 1 aromatic carbocycles. The molecule has 1 heterocycles. The largest absolute Gasteiger partial charge is 0.347 e. The van der Waals surface area contributed by atoms with Crippen molar-refractivity contribution in [2.75, 3.05) is 20.6 Å². The molecule has 108 valence electrons. The average molecular weight is 295 g/mol. The summed E-state index contributed by atoms with van der Waals surface area (Å²) in [5.74, 6) is -0.0363. The zero-order chi connectivity index (χ0) is 14.7. The van der Waals surface area contributed by atoms with Crippen molar-refractivity contribution in [3.8, 4) is 0 Å². The Labute approximate surface area is 124 Å². The van der Waals surface area contributed by atoms with Gasteiger partial charge in [-0.15, -0.1) is 0 Å². The molecule has 20 heavy (non-hydrogen) atoms. The molecular weight excluding hydrogens is 276 g/mol. The van der Waals surface area contributed by atoms with Crippen molar-refractivity contribution in [2.24, 2.45) is 0 Å². The molecule has 1 aliphatic rings. The normalized spacial score (nSPS) is 18.1. The van der Waals surface area contributed by atoms with E-state index in [9.17, 15) is 9.59 Å². The number of hydrogen-bond acceptors (Lipinski definition) is 2. The summed E-state index contributed by atoms with van der Waals surface area (Å²) < 4.78 is 0. The van der Waals surface area contributed by atoms with Gasteiger partial charge < -0.3 is 9.80 Å². The molecule has 0 aromatic heterocycles.